The Morgan fingerprint density at radius 3 is 2.22 bits per heavy atom. The Balaban J connectivity index is 1.58. The van der Waals surface area contributed by atoms with Crippen molar-refractivity contribution in [1.29, 1.82) is 0 Å². The Labute approximate surface area is 275 Å². The summed E-state index contributed by atoms with van der Waals surface area (Å²) in [5.74, 6) is 0.762. The van der Waals surface area contributed by atoms with E-state index in [0.29, 0.717) is 18.8 Å². The van der Waals surface area contributed by atoms with E-state index in [-0.39, 0.29) is 24.5 Å². The van der Waals surface area contributed by atoms with E-state index >= 15 is 0 Å². The van der Waals surface area contributed by atoms with Gasteiger partial charge in [-0.05, 0) is 68.2 Å². The first-order valence-corrected chi connectivity index (χ1v) is 18.5. The van der Waals surface area contributed by atoms with Gasteiger partial charge < -0.3 is 20.8 Å². The molecule has 0 spiro atoms. The van der Waals surface area contributed by atoms with Crippen LogP contribution in [0.15, 0.2) is 42.5 Å². The normalized spacial score (nSPS) is 19.4. The molecule has 4 rings (SSSR count). The van der Waals surface area contributed by atoms with Crippen molar-refractivity contribution in [2.24, 2.45) is 17.8 Å². The van der Waals surface area contributed by atoms with Gasteiger partial charge in [0.25, 0.3) is 0 Å². The Morgan fingerprint density at radius 1 is 0.913 bits per heavy atom. The highest BCUT2D eigenvalue weighted by molar-refractivity contribution is 7.92. The zero-order valence-electron chi connectivity index (χ0n) is 27.6. The van der Waals surface area contributed by atoms with Crippen molar-refractivity contribution in [3.8, 4) is 12.3 Å². The number of nitrogens with one attached hydrogen (secondary N) is 2. The molecule has 0 heterocycles. The number of carbonyl (C=O) groups is 2. The summed E-state index contributed by atoms with van der Waals surface area (Å²) in [6.07, 6.45) is 11.3. The van der Waals surface area contributed by atoms with Crippen molar-refractivity contribution in [1.82, 2.24) is 10.6 Å². The van der Waals surface area contributed by atoms with E-state index in [2.05, 4.69) is 16.6 Å². The molecule has 0 aliphatic heterocycles. The zero-order valence-corrected chi connectivity index (χ0v) is 28.4. The van der Waals surface area contributed by atoms with Gasteiger partial charge in [-0.15, -0.1) is 12.3 Å². The molecule has 2 fully saturated rings. The molecule has 4 N–H and O–H groups in total. The smallest absolute Gasteiger partial charge is 0.242 e. The van der Waals surface area contributed by atoms with Crippen LogP contribution < -0.4 is 10.6 Å². The number of carbonyl (C=O) groups excluding carboxylic acids is 2. The fraction of sp³-hybridized carbons (Fsp3) is 0.622. The van der Waals surface area contributed by atoms with Crippen LogP contribution in [0.3, 0.4) is 0 Å². The predicted molar refractivity (Wildman–Crippen MR) is 183 cm³/mol. The first-order chi connectivity index (χ1) is 21.8. The number of aliphatic hydroxyl groups excluding tert-OH is 2. The minimum atomic E-state index is -3.68. The lowest BCUT2D eigenvalue weighted by Crippen LogP contribution is -2.56. The third-order valence-electron chi connectivity index (χ3n) is 9.74. The van der Waals surface area contributed by atoms with Gasteiger partial charge in [-0.1, -0.05) is 87.4 Å². The molecule has 0 bridgehead atoms. The molecule has 0 unspecified atom stereocenters. The van der Waals surface area contributed by atoms with Crippen molar-refractivity contribution in [2.45, 2.75) is 120 Å². The lowest BCUT2D eigenvalue weighted by molar-refractivity contribution is -0.132. The third-order valence-corrected chi connectivity index (χ3v) is 12.4. The fourth-order valence-electron chi connectivity index (χ4n) is 6.54. The van der Waals surface area contributed by atoms with Crippen LogP contribution in [0, 0.1) is 30.1 Å². The summed E-state index contributed by atoms with van der Waals surface area (Å²) < 4.78 is 25.8. The number of fused-ring (bicyclic) bond motifs is 1. The van der Waals surface area contributed by atoms with Gasteiger partial charge in [-0.3, -0.25) is 9.59 Å². The van der Waals surface area contributed by atoms with Crippen LogP contribution in [0.5, 0.6) is 0 Å². The molecule has 2 aromatic carbocycles. The molecule has 2 saturated carbocycles. The van der Waals surface area contributed by atoms with Crippen LogP contribution in [0.25, 0.3) is 10.8 Å². The number of rotatable bonds is 15. The van der Waals surface area contributed by atoms with E-state index in [1.54, 1.807) is 20.8 Å². The zero-order chi connectivity index (χ0) is 33.5. The van der Waals surface area contributed by atoms with Crippen molar-refractivity contribution in [3.05, 3.63) is 48.0 Å². The first-order valence-electron chi connectivity index (χ1n) is 16.9. The second-order valence-corrected chi connectivity index (χ2v) is 17.3. The minimum Gasteiger partial charge on any atom is -0.389 e. The summed E-state index contributed by atoms with van der Waals surface area (Å²) in [4.78, 5) is 28.0. The standard InChI is InChI=1S/C37H52N2O6S/c1-5-12-33(40)34(41)31(21-25-13-7-6-8-14-25)38-36(43)32(22-26-19-20-26)39-35(42)29(24-46(44,45)37(2,3)4)23-28-17-11-16-27-15-9-10-18-30(27)28/h1,9-11,15-18,25-26,29,31-34,40-41H,6-8,12-14,19-24H2,2-4H3,(H,38,43)(H,39,42)/t29-,31+,32+,33+,34-/m1/s1. The van der Waals surface area contributed by atoms with Gasteiger partial charge in [0.05, 0.1) is 28.6 Å². The van der Waals surface area contributed by atoms with E-state index in [0.717, 1.165) is 61.3 Å². The molecular formula is C37H52N2O6S. The van der Waals surface area contributed by atoms with Gasteiger partial charge in [-0.25, -0.2) is 8.42 Å². The maximum Gasteiger partial charge on any atom is 0.242 e. The summed E-state index contributed by atoms with van der Waals surface area (Å²) in [6, 6.07) is 12.0. The maximum absolute atomic E-state index is 14.1. The number of terminal acetylenes is 1. The molecule has 9 heteroatoms. The average Bonchev–Trinajstić information content (AvgIpc) is 3.84. The highest BCUT2D eigenvalue weighted by Crippen LogP contribution is 2.34. The lowest BCUT2D eigenvalue weighted by atomic mass is 9.82. The summed E-state index contributed by atoms with van der Waals surface area (Å²) in [5, 5.41) is 29.5. The van der Waals surface area contributed by atoms with Crippen molar-refractivity contribution < 1.29 is 28.2 Å². The largest absolute Gasteiger partial charge is 0.389 e. The van der Waals surface area contributed by atoms with Crippen LogP contribution in [0.4, 0.5) is 0 Å². The van der Waals surface area contributed by atoms with Crippen molar-refractivity contribution >= 4 is 32.4 Å². The average molecular weight is 653 g/mol. The number of amides is 2. The monoisotopic (exact) mass is 652 g/mol. The minimum absolute atomic E-state index is 0.0431. The van der Waals surface area contributed by atoms with Crippen LogP contribution >= 0.6 is 0 Å². The molecule has 2 aromatic rings. The second kappa shape index (κ2) is 15.8. The molecule has 8 nitrogen and oxygen atoms in total. The van der Waals surface area contributed by atoms with Crippen LogP contribution in [0.2, 0.25) is 0 Å². The molecule has 0 aromatic heterocycles. The Bertz CT molecular complexity index is 1480. The molecule has 2 aliphatic carbocycles. The van der Waals surface area contributed by atoms with Gasteiger partial charge in [0.1, 0.15) is 12.1 Å². The molecule has 5 atom stereocenters. The molecule has 46 heavy (non-hydrogen) atoms. The van der Waals surface area contributed by atoms with Crippen LogP contribution in [0.1, 0.15) is 90.5 Å². The number of benzene rings is 2. The number of sulfone groups is 1. The Hall–Kier alpha value is -2.93. The molecule has 0 saturated heterocycles. The van der Waals surface area contributed by atoms with Gasteiger partial charge in [-0.2, -0.15) is 0 Å². The summed E-state index contributed by atoms with van der Waals surface area (Å²) in [7, 11) is -3.68. The van der Waals surface area contributed by atoms with E-state index in [1.165, 1.54) is 0 Å². The van der Waals surface area contributed by atoms with Gasteiger partial charge >= 0.3 is 0 Å². The fourth-order valence-corrected chi connectivity index (χ4v) is 7.84. The molecule has 0 radical (unpaired) electrons. The lowest BCUT2D eigenvalue weighted by Gasteiger charge is -2.33. The van der Waals surface area contributed by atoms with Gasteiger partial charge in [0.15, 0.2) is 9.84 Å². The quantitative estimate of drug-likeness (QED) is 0.206. The number of hydrogen-bond donors (Lipinski definition) is 4. The second-order valence-electron chi connectivity index (χ2n) is 14.5. The van der Waals surface area contributed by atoms with Gasteiger partial charge in [0, 0.05) is 6.42 Å². The molecular weight excluding hydrogens is 600 g/mol. The Kier molecular flexibility index (Phi) is 12.3. The highest BCUT2D eigenvalue weighted by atomic mass is 32.2. The van der Waals surface area contributed by atoms with E-state index in [9.17, 15) is 28.2 Å². The van der Waals surface area contributed by atoms with E-state index in [4.69, 9.17) is 6.42 Å². The van der Waals surface area contributed by atoms with Crippen LogP contribution in [-0.2, 0) is 25.8 Å². The molecule has 2 aliphatic rings. The topological polar surface area (TPSA) is 133 Å². The van der Waals surface area contributed by atoms with E-state index < -0.39 is 56.6 Å². The number of hydrogen-bond acceptors (Lipinski definition) is 6. The van der Waals surface area contributed by atoms with Crippen LogP contribution in [-0.4, -0.2) is 65.2 Å². The highest BCUT2D eigenvalue weighted by Gasteiger charge is 2.38. The number of aliphatic hydroxyl groups is 2. The summed E-state index contributed by atoms with van der Waals surface area (Å²) >= 11 is 0. The SMILES string of the molecule is C#CC[C@H](O)[C@H](O)[C@H](CC1CCCCC1)NC(=O)[C@H](CC1CC1)NC(=O)[C@H](Cc1cccc2ccccc12)CS(=O)(=O)C(C)(C)C. The van der Waals surface area contributed by atoms with Crippen molar-refractivity contribution in [3.63, 3.8) is 0 Å². The first kappa shape index (κ1) is 35.9. The van der Waals surface area contributed by atoms with E-state index in [1.807, 2.05) is 42.5 Å². The molecule has 252 valence electrons. The summed E-state index contributed by atoms with van der Waals surface area (Å²) in [5.41, 5.74) is 0.865. The Morgan fingerprint density at radius 2 is 1.57 bits per heavy atom. The predicted octanol–water partition coefficient (Wildman–Crippen LogP) is 4.70. The summed E-state index contributed by atoms with van der Waals surface area (Å²) in [6.45, 7) is 4.89. The third kappa shape index (κ3) is 9.79. The van der Waals surface area contributed by atoms with Gasteiger partial charge in [0.2, 0.25) is 11.8 Å². The van der Waals surface area contributed by atoms with Crippen molar-refractivity contribution in [2.75, 3.05) is 5.75 Å². The molecule has 2 amide bonds. The maximum atomic E-state index is 14.1.